The van der Waals surface area contributed by atoms with Gasteiger partial charge < -0.3 is 28.4 Å². The van der Waals surface area contributed by atoms with Gasteiger partial charge >= 0.3 is 23.9 Å². The summed E-state index contributed by atoms with van der Waals surface area (Å²) >= 11 is 0. The largest absolute Gasteiger partial charge is 0.453 e. The Labute approximate surface area is 194 Å². The van der Waals surface area contributed by atoms with E-state index in [9.17, 15) is 19.2 Å². The maximum absolute atomic E-state index is 12.7. The normalized spacial score (nSPS) is 23.0. The molecule has 0 spiro atoms. The smallest absolute Gasteiger partial charge is 0.342 e. The Bertz CT molecular complexity index is 1020. The van der Waals surface area contributed by atoms with E-state index >= 15 is 0 Å². The monoisotopic (exact) mass is 470 g/mol. The molecule has 2 aromatic rings. The summed E-state index contributed by atoms with van der Waals surface area (Å²) in [5.74, 6) is -2.37. The van der Waals surface area contributed by atoms with E-state index in [0.29, 0.717) is 0 Å². The topological polar surface area (TPSA) is 124 Å². The van der Waals surface area contributed by atoms with E-state index in [1.807, 2.05) is 0 Å². The van der Waals surface area contributed by atoms with Crippen LogP contribution in [0.25, 0.3) is 0 Å². The number of ether oxygens (including phenoxy) is 6. The molecule has 2 fully saturated rings. The predicted molar refractivity (Wildman–Crippen MR) is 113 cm³/mol. The molecule has 2 aliphatic heterocycles. The van der Waals surface area contributed by atoms with Crippen LogP contribution in [0.4, 0.5) is 0 Å². The van der Waals surface area contributed by atoms with Crippen LogP contribution in [0.2, 0.25) is 0 Å². The summed E-state index contributed by atoms with van der Waals surface area (Å²) in [5, 5.41) is 0. The third kappa shape index (κ3) is 5.08. The molecular weight excluding hydrogens is 448 g/mol. The summed E-state index contributed by atoms with van der Waals surface area (Å²) in [4.78, 5) is 48.0. The number of para-hydroxylation sites is 2. The lowest BCUT2D eigenvalue weighted by Crippen LogP contribution is -2.36. The molecule has 4 rings (SSSR count). The van der Waals surface area contributed by atoms with Crippen LogP contribution in [0.15, 0.2) is 48.5 Å². The molecule has 10 heteroatoms. The van der Waals surface area contributed by atoms with E-state index in [-0.39, 0.29) is 35.8 Å². The van der Waals surface area contributed by atoms with Crippen LogP contribution in [0.3, 0.4) is 0 Å². The van der Waals surface area contributed by atoms with Crippen molar-refractivity contribution in [2.75, 3.05) is 13.2 Å². The maximum atomic E-state index is 12.7. The fourth-order valence-electron chi connectivity index (χ4n) is 3.79. The Kier molecular flexibility index (Phi) is 6.90. The Balaban J connectivity index is 1.40. The SMILES string of the molecule is CC(=O)Oc1ccccc1C(=O)OC1CO[C@H]2[C@@H]1OC[C@H]2OC(=O)c1ccccc1OC(C)=O. The van der Waals surface area contributed by atoms with Crippen LogP contribution in [0.1, 0.15) is 34.6 Å². The minimum atomic E-state index is -0.750. The zero-order valence-electron chi connectivity index (χ0n) is 18.4. The molecule has 2 heterocycles. The molecule has 178 valence electrons. The summed E-state index contributed by atoms with van der Waals surface area (Å²) in [6.07, 6.45) is -2.79. The summed E-state index contributed by atoms with van der Waals surface area (Å²) < 4.78 is 32.7. The van der Waals surface area contributed by atoms with Crippen molar-refractivity contribution in [3.05, 3.63) is 59.7 Å². The standard InChI is InChI=1S/C24H22O10/c1-13(25)31-17-9-5-3-7-15(17)23(27)33-19-11-29-22-20(12-30-21(19)22)34-24(28)16-8-4-6-10-18(16)32-14(2)26/h3-10,19-22H,11-12H2,1-2H3/t19-,20?,21-,22-/m1/s1. The van der Waals surface area contributed by atoms with Gasteiger partial charge in [0.1, 0.15) is 34.8 Å². The van der Waals surface area contributed by atoms with Crippen molar-refractivity contribution in [1.82, 2.24) is 0 Å². The average Bonchev–Trinajstić information content (AvgIpc) is 3.37. The maximum Gasteiger partial charge on any atom is 0.342 e. The van der Waals surface area contributed by atoms with Crippen LogP contribution in [0, 0.1) is 0 Å². The molecule has 0 aromatic heterocycles. The zero-order valence-corrected chi connectivity index (χ0v) is 18.4. The molecule has 34 heavy (non-hydrogen) atoms. The first kappa shape index (κ1) is 23.4. The van der Waals surface area contributed by atoms with E-state index in [2.05, 4.69) is 0 Å². The highest BCUT2D eigenvalue weighted by molar-refractivity contribution is 5.94. The molecule has 2 aliphatic rings. The van der Waals surface area contributed by atoms with E-state index in [1.54, 1.807) is 24.3 Å². The van der Waals surface area contributed by atoms with Gasteiger partial charge in [0.2, 0.25) is 0 Å². The Morgan fingerprint density at radius 3 is 1.44 bits per heavy atom. The van der Waals surface area contributed by atoms with E-state index in [4.69, 9.17) is 28.4 Å². The highest BCUT2D eigenvalue weighted by Gasteiger charge is 2.51. The molecule has 10 nitrogen and oxygen atoms in total. The number of rotatable bonds is 6. The Morgan fingerprint density at radius 1 is 0.676 bits per heavy atom. The number of carbonyl (C=O) groups excluding carboxylic acids is 4. The highest BCUT2D eigenvalue weighted by atomic mass is 16.7. The second-order valence-corrected chi connectivity index (χ2v) is 7.66. The average molecular weight is 470 g/mol. The first-order chi connectivity index (χ1) is 16.3. The van der Waals surface area contributed by atoms with Crippen LogP contribution in [-0.4, -0.2) is 61.5 Å². The molecule has 4 atom stereocenters. The lowest BCUT2D eigenvalue weighted by molar-refractivity contribution is -0.132. The van der Waals surface area contributed by atoms with Crippen molar-refractivity contribution < 1.29 is 47.6 Å². The van der Waals surface area contributed by atoms with Gasteiger partial charge in [-0.25, -0.2) is 9.59 Å². The van der Waals surface area contributed by atoms with Crippen LogP contribution in [-0.2, 0) is 28.5 Å². The number of fused-ring (bicyclic) bond motifs is 1. The summed E-state index contributed by atoms with van der Waals surface area (Å²) in [7, 11) is 0. The molecule has 2 aromatic carbocycles. The molecule has 0 amide bonds. The van der Waals surface area contributed by atoms with Crippen molar-refractivity contribution >= 4 is 23.9 Å². The number of hydrogen-bond donors (Lipinski definition) is 0. The van der Waals surface area contributed by atoms with E-state index in [1.165, 1.54) is 38.1 Å². The predicted octanol–water partition coefficient (Wildman–Crippen LogP) is 2.09. The summed E-state index contributed by atoms with van der Waals surface area (Å²) in [6, 6.07) is 12.4. The number of benzene rings is 2. The molecule has 0 N–H and O–H groups in total. The van der Waals surface area contributed by atoms with Gasteiger partial charge in [0.15, 0.2) is 12.2 Å². The van der Waals surface area contributed by atoms with Gasteiger partial charge in [-0.3, -0.25) is 9.59 Å². The van der Waals surface area contributed by atoms with E-state index < -0.39 is 48.3 Å². The van der Waals surface area contributed by atoms with Crippen molar-refractivity contribution in [1.29, 1.82) is 0 Å². The fraction of sp³-hybridized carbons (Fsp3) is 0.333. The summed E-state index contributed by atoms with van der Waals surface area (Å²) in [5.41, 5.74) is 0.174. The van der Waals surface area contributed by atoms with Crippen LogP contribution >= 0.6 is 0 Å². The van der Waals surface area contributed by atoms with Gasteiger partial charge in [0, 0.05) is 13.8 Å². The number of hydrogen-bond acceptors (Lipinski definition) is 10. The third-order valence-corrected chi connectivity index (χ3v) is 5.20. The molecular formula is C24H22O10. The molecule has 0 bridgehead atoms. The van der Waals surface area contributed by atoms with Crippen molar-refractivity contribution in [2.24, 2.45) is 0 Å². The van der Waals surface area contributed by atoms with Crippen molar-refractivity contribution in [3.63, 3.8) is 0 Å². The first-order valence-electron chi connectivity index (χ1n) is 10.5. The minimum Gasteiger partial charge on any atom is -0.453 e. The second-order valence-electron chi connectivity index (χ2n) is 7.66. The minimum absolute atomic E-state index is 0.0366. The van der Waals surface area contributed by atoms with Crippen molar-refractivity contribution in [2.45, 2.75) is 38.3 Å². The fourth-order valence-corrected chi connectivity index (χ4v) is 3.79. The number of esters is 4. The Hall–Kier alpha value is -3.76. The number of carbonyl (C=O) groups is 4. The third-order valence-electron chi connectivity index (χ3n) is 5.20. The van der Waals surface area contributed by atoms with Crippen LogP contribution < -0.4 is 9.47 Å². The lowest BCUT2D eigenvalue weighted by Gasteiger charge is -2.18. The molecule has 0 aliphatic carbocycles. The van der Waals surface area contributed by atoms with Gasteiger partial charge in [-0.2, -0.15) is 0 Å². The van der Waals surface area contributed by atoms with Gasteiger partial charge in [0.25, 0.3) is 0 Å². The quantitative estimate of drug-likeness (QED) is 0.458. The molecule has 2 saturated heterocycles. The van der Waals surface area contributed by atoms with Crippen molar-refractivity contribution in [3.8, 4) is 11.5 Å². The molecule has 1 unspecified atom stereocenters. The first-order valence-corrected chi connectivity index (χ1v) is 10.5. The molecule has 0 radical (unpaired) electrons. The highest BCUT2D eigenvalue weighted by Crippen LogP contribution is 2.32. The van der Waals surface area contributed by atoms with Gasteiger partial charge in [0.05, 0.1) is 13.2 Å². The molecule has 0 saturated carbocycles. The van der Waals surface area contributed by atoms with Crippen LogP contribution in [0.5, 0.6) is 11.5 Å². The zero-order chi connectivity index (χ0) is 24.2. The Morgan fingerprint density at radius 2 is 1.06 bits per heavy atom. The lowest BCUT2D eigenvalue weighted by atomic mass is 10.1. The van der Waals surface area contributed by atoms with Gasteiger partial charge in [-0.1, -0.05) is 24.3 Å². The van der Waals surface area contributed by atoms with Gasteiger partial charge in [-0.05, 0) is 24.3 Å². The van der Waals surface area contributed by atoms with Gasteiger partial charge in [-0.15, -0.1) is 0 Å². The van der Waals surface area contributed by atoms with E-state index in [0.717, 1.165) is 0 Å². The second kappa shape index (κ2) is 10.0. The summed E-state index contributed by atoms with van der Waals surface area (Å²) in [6.45, 7) is 2.54.